The first-order chi connectivity index (χ1) is 7.04. The Balaban J connectivity index is 2.95. The van der Waals surface area contributed by atoms with E-state index in [0.29, 0.717) is 0 Å². The van der Waals surface area contributed by atoms with Crippen molar-refractivity contribution in [2.45, 2.75) is 12.8 Å². The highest BCUT2D eigenvalue weighted by Crippen LogP contribution is 2.31. The number of phenols is 1. The van der Waals surface area contributed by atoms with E-state index in [4.69, 9.17) is 9.84 Å². The molecule has 5 heteroatoms. The zero-order valence-corrected chi connectivity index (χ0v) is 8.16. The lowest BCUT2D eigenvalue weighted by Crippen LogP contribution is -1.99. The molecule has 0 aromatic heterocycles. The maximum atomic E-state index is 13.0. The van der Waals surface area contributed by atoms with Gasteiger partial charge in [0.15, 0.2) is 11.5 Å². The van der Waals surface area contributed by atoms with Gasteiger partial charge in [0.05, 0.1) is 7.11 Å². The number of rotatable bonds is 4. The number of carboxylic acid groups (broad SMARTS) is 1. The third-order valence-electron chi connectivity index (χ3n) is 1.95. The summed E-state index contributed by atoms with van der Waals surface area (Å²) in [5.74, 6) is -1.77. The standard InChI is InChI=1S/C10H11FO4/c1-15-8-5-7(11)4-6(10(8)14)2-3-9(12)13/h4-5,14H,2-3H2,1H3,(H,12,13). The van der Waals surface area contributed by atoms with Gasteiger partial charge in [-0.25, -0.2) is 4.39 Å². The molecule has 2 N–H and O–H groups in total. The van der Waals surface area contributed by atoms with Gasteiger partial charge >= 0.3 is 5.97 Å². The van der Waals surface area contributed by atoms with E-state index in [0.717, 1.165) is 12.1 Å². The number of aliphatic carboxylic acids is 1. The summed E-state index contributed by atoms with van der Waals surface area (Å²) in [6.45, 7) is 0. The number of hydrogen-bond donors (Lipinski definition) is 2. The Morgan fingerprint density at radius 2 is 2.20 bits per heavy atom. The number of hydrogen-bond acceptors (Lipinski definition) is 3. The summed E-state index contributed by atoms with van der Waals surface area (Å²) >= 11 is 0. The second-order valence-electron chi connectivity index (χ2n) is 3.01. The molecule has 0 fully saturated rings. The zero-order chi connectivity index (χ0) is 11.4. The smallest absolute Gasteiger partial charge is 0.303 e. The highest BCUT2D eigenvalue weighted by Gasteiger charge is 2.11. The summed E-state index contributed by atoms with van der Waals surface area (Å²) < 4.78 is 17.7. The van der Waals surface area contributed by atoms with E-state index in [1.165, 1.54) is 7.11 Å². The molecule has 0 atom stereocenters. The van der Waals surface area contributed by atoms with Gasteiger partial charge < -0.3 is 14.9 Å². The zero-order valence-electron chi connectivity index (χ0n) is 8.16. The Kier molecular flexibility index (Phi) is 3.49. The van der Waals surface area contributed by atoms with Crippen LogP contribution in [0.3, 0.4) is 0 Å². The van der Waals surface area contributed by atoms with E-state index in [2.05, 4.69) is 0 Å². The van der Waals surface area contributed by atoms with Gasteiger partial charge in [-0.05, 0) is 12.5 Å². The Hall–Kier alpha value is -1.78. The molecule has 1 aromatic rings. The monoisotopic (exact) mass is 214 g/mol. The van der Waals surface area contributed by atoms with Crippen LogP contribution in [0.15, 0.2) is 12.1 Å². The average molecular weight is 214 g/mol. The molecular weight excluding hydrogens is 203 g/mol. The van der Waals surface area contributed by atoms with Crippen molar-refractivity contribution in [1.82, 2.24) is 0 Å². The molecule has 4 nitrogen and oxygen atoms in total. The van der Waals surface area contributed by atoms with Crippen LogP contribution in [0.5, 0.6) is 11.5 Å². The van der Waals surface area contributed by atoms with E-state index in [-0.39, 0.29) is 29.9 Å². The fourth-order valence-corrected chi connectivity index (χ4v) is 1.22. The first-order valence-electron chi connectivity index (χ1n) is 4.31. The molecule has 0 aliphatic carbocycles. The summed E-state index contributed by atoms with van der Waals surface area (Å²) in [5, 5.41) is 18.0. The number of ether oxygens (including phenoxy) is 1. The van der Waals surface area contributed by atoms with Gasteiger partial charge in [-0.3, -0.25) is 4.79 Å². The Labute approximate surface area is 85.9 Å². The molecule has 0 aliphatic rings. The number of phenolic OH excluding ortho intramolecular Hbond substituents is 1. The van der Waals surface area contributed by atoms with Crippen molar-refractivity contribution < 1.29 is 24.1 Å². The largest absolute Gasteiger partial charge is 0.504 e. The fraction of sp³-hybridized carbons (Fsp3) is 0.300. The van der Waals surface area contributed by atoms with Gasteiger partial charge in [-0.1, -0.05) is 0 Å². The third-order valence-corrected chi connectivity index (χ3v) is 1.95. The van der Waals surface area contributed by atoms with Gasteiger partial charge in [-0.15, -0.1) is 0 Å². The molecule has 1 rings (SSSR count). The molecule has 0 amide bonds. The maximum Gasteiger partial charge on any atom is 0.303 e. The van der Waals surface area contributed by atoms with Crippen molar-refractivity contribution in [2.24, 2.45) is 0 Å². The second kappa shape index (κ2) is 4.63. The quantitative estimate of drug-likeness (QED) is 0.798. The number of halogens is 1. The van der Waals surface area contributed by atoms with Crippen LogP contribution in [0.1, 0.15) is 12.0 Å². The SMILES string of the molecule is COc1cc(F)cc(CCC(=O)O)c1O. The van der Waals surface area contributed by atoms with Crippen LogP contribution in [0.2, 0.25) is 0 Å². The van der Waals surface area contributed by atoms with Gasteiger partial charge in [-0.2, -0.15) is 0 Å². The highest BCUT2D eigenvalue weighted by atomic mass is 19.1. The first kappa shape index (κ1) is 11.3. The van der Waals surface area contributed by atoms with E-state index in [1.807, 2.05) is 0 Å². The van der Waals surface area contributed by atoms with Gasteiger partial charge in [0.2, 0.25) is 0 Å². The molecule has 0 unspecified atom stereocenters. The Morgan fingerprint density at radius 1 is 1.53 bits per heavy atom. The lowest BCUT2D eigenvalue weighted by Gasteiger charge is -2.08. The topological polar surface area (TPSA) is 66.8 Å². The Bertz CT molecular complexity index is 376. The number of benzene rings is 1. The second-order valence-corrected chi connectivity index (χ2v) is 3.01. The number of carboxylic acids is 1. The minimum Gasteiger partial charge on any atom is -0.504 e. The van der Waals surface area contributed by atoms with Crippen LogP contribution in [0.25, 0.3) is 0 Å². The van der Waals surface area contributed by atoms with Crippen molar-refractivity contribution in [3.05, 3.63) is 23.5 Å². The number of aryl methyl sites for hydroxylation is 1. The number of aromatic hydroxyl groups is 1. The normalized spacial score (nSPS) is 10.0. The molecule has 0 heterocycles. The number of methoxy groups -OCH3 is 1. The van der Waals surface area contributed by atoms with Crippen LogP contribution in [0, 0.1) is 5.82 Å². The Morgan fingerprint density at radius 3 is 2.73 bits per heavy atom. The summed E-state index contributed by atoms with van der Waals surface area (Å²) in [7, 11) is 1.30. The lowest BCUT2D eigenvalue weighted by atomic mass is 10.1. The molecule has 0 aliphatic heterocycles. The lowest BCUT2D eigenvalue weighted by molar-refractivity contribution is -0.136. The minimum absolute atomic E-state index is 0.00962. The molecule has 0 saturated heterocycles. The van der Waals surface area contributed by atoms with Crippen molar-refractivity contribution >= 4 is 5.97 Å². The summed E-state index contributed by atoms with van der Waals surface area (Å²) in [4.78, 5) is 10.3. The van der Waals surface area contributed by atoms with Crippen molar-refractivity contribution in [3.63, 3.8) is 0 Å². The highest BCUT2D eigenvalue weighted by molar-refractivity contribution is 5.67. The van der Waals surface area contributed by atoms with Crippen molar-refractivity contribution in [2.75, 3.05) is 7.11 Å². The van der Waals surface area contributed by atoms with Crippen LogP contribution in [-0.2, 0) is 11.2 Å². The van der Waals surface area contributed by atoms with Crippen LogP contribution < -0.4 is 4.74 Å². The van der Waals surface area contributed by atoms with Crippen LogP contribution in [0.4, 0.5) is 4.39 Å². The molecule has 0 radical (unpaired) electrons. The van der Waals surface area contributed by atoms with Gasteiger partial charge in [0.25, 0.3) is 0 Å². The molecule has 0 saturated carbocycles. The van der Waals surface area contributed by atoms with Gasteiger partial charge in [0, 0.05) is 18.1 Å². The summed E-state index contributed by atoms with van der Waals surface area (Å²) in [6.07, 6.45) is -0.102. The van der Waals surface area contributed by atoms with Crippen LogP contribution in [-0.4, -0.2) is 23.3 Å². The van der Waals surface area contributed by atoms with Crippen LogP contribution >= 0.6 is 0 Å². The molecular formula is C10H11FO4. The molecule has 15 heavy (non-hydrogen) atoms. The summed E-state index contributed by atoms with van der Waals surface area (Å²) in [5.41, 5.74) is 0.231. The molecule has 82 valence electrons. The van der Waals surface area contributed by atoms with Crippen molar-refractivity contribution in [1.29, 1.82) is 0 Å². The average Bonchev–Trinajstić information content (AvgIpc) is 2.18. The first-order valence-corrected chi connectivity index (χ1v) is 4.31. The third kappa shape index (κ3) is 2.83. The predicted molar refractivity (Wildman–Crippen MR) is 50.6 cm³/mol. The fourth-order valence-electron chi connectivity index (χ4n) is 1.22. The minimum atomic E-state index is -1.00. The van der Waals surface area contributed by atoms with E-state index in [1.54, 1.807) is 0 Å². The number of carbonyl (C=O) groups is 1. The van der Waals surface area contributed by atoms with E-state index in [9.17, 15) is 14.3 Å². The van der Waals surface area contributed by atoms with Gasteiger partial charge in [0.1, 0.15) is 5.82 Å². The van der Waals surface area contributed by atoms with E-state index >= 15 is 0 Å². The molecule has 0 spiro atoms. The summed E-state index contributed by atoms with van der Waals surface area (Å²) in [6, 6.07) is 2.14. The maximum absolute atomic E-state index is 13.0. The van der Waals surface area contributed by atoms with Crippen molar-refractivity contribution in [3.8, 4) is 11.5 Å². The van der Waals surface area contributed by atoms with E-state index < -0.39 is 11.8 Å². The molecule has 1 aromatic carbocycles. The molecule has 0 bridgehead atoms. The predicted octanol–water partition coefficient (Wildman–Crippen LogP) is 1.56.